The van der Waals surface area contributed by atoms with Crippen LogP contribution < -0.4 is 15.0 Å². The van der Waals surface area contributed by atoms with Crippen LogP contribution in [0.25, 0.3) is 0 Å². The number of hydrogen-bond donors (Lipinski definition) is 1. The number of nitrogens with one attached hydrogen (secondary N) is 1. The highest BCUT2D eigenvalue weighted by Gasteiger charge is 2.34. The van der Waals surface area contributed by atoms with E-state index in [2.05, 4.69) is 24.1 Å². The quantitative estimate of drug-likeness (QED) is 0.672. The molecule has 0 aromatic heterocycles. The third-order valence-electron chi connectivity index (χ3n) is 6.38. The van der Waals surface area contributed by atoms with Crippen molar-refractivity contribution in [2.24, 2.45) is 11.8 Å². The third-order valence-corrected chi connectivity index (χ3v) is 8.24. The molecule has 1 amide bonds. The molecule has 2 saturated heterocycles. The van der Waals surface area contributed by atoms with E-state index in [9.17, 15) is 13.2 Å². The molecule has 0 radical (unpaired) electrons. The number of nitrogens with zero attached hydrogens (tertiary/aromatic N) is 2. The molecule has 0 saturated carbocycles. The number of hydrogen-bond acceptors (Lipinski definition) is 6. The van der Waals surface area contributed by atoms with E-state index in [0.29, 0.717) is 32.0 Å². The second-order valence-electron chi connectivity index (χ2n) is 9.20. The summed E-state index contributed by atoms with van der Waals surface area (Å²) in [7, 11) is -2.38. The fourth-order valence-corrected chi connectivity index (χ4v) is 6.68. The van der Waals surface area contributed by atoms with Crippen molar-refractivity contribution in [3.8, 4) is 5.75 Å². The third kappa shape index (κ3) is 5.21. The minimum Gasteiger partial charge on any atom is -0.495 e. The van der Waals surface area contributed by atoms with Crippen LogP contribution in [0.3, 0.4) is 0 Å². The predicted octanol–water partition coefficient (Wildman–Crippen LogP) is 3.45. The van der Waals surface area contributed by atoms with Crippen LogP contribution >= 0.6 is 0 Å². The molecule has 2 aromatic rings. The normalized spacial score (nSPS) is 21.8. The fraction of sp³-hybridized carbons (Fsp3) is 0.480. The molecule has 2 aliphatic heterocycles. The molecule has 2 atom stereocenters. The number of benzene rings is 2. The molecule has 0 bridgehead atoms. The topological polar surface area (TPSA) is 88.2 Å². The highest BCUT2D eigenvalue weighted by molar-refractivity contribution is 7.89. The average molecular weight is 488 g/mol. The van der Waals surface area contributed by atoms with Crippen LogP contribution in [-0.4, -0.2) is 65.1 Å². The van der Waals surface area contributed by atoms with E-state index in [1.54, 1.807) is 12.1 Å². The van der Waals surface area contributed by atoms with Crippen molar-refractivity contribution >= 4 is 27.3 Å². The van der Waals surface area contributed by atoms with Gasteiger partial charge in [-0.2, -0.15) is 4.31 Å². The summed E-state index contributed by atoms with van der Waals surface area (Å²) in [6.07, 6.45) is 0.994. The van der Waals surface area contributed by atoms with E-state index in [0.717, 1.165) is 25.2 Å². The molecule has 0 aliphatic carbocycles. The summed E-state index contributed by atoms with van der Waals surface area (Å²) >= 11 is 0. The van der Waals surface area contributed by atoms with Crippen molar-refractivity contribution < 1.29 is 22.7 Å². The van der Waals surface area contributed by atoms with Gasteiger partial charge in [-0.1, -0.05) is 26.0 Å². The van der Waals surface area contributed by atoms with Crippen LogP contribution in [0, 0.1) is 11.8 Å². The van der Waals surface area contributed by atoms with Gasteiger partial charge in [0.25, 0.3) is 5.91 Å². The summed E-state index contributed by atoms with van der Waals surface area (Å²) < 4.78 is 39.4. The molecule has 34 heavy (non-hydrogen) atoms. The molecular formula is C25H33N3O5S. The lowest BCUT2D eigenvalue weighted by atomic mass is 9.94. The van der Waals surface area contributed by atoms with Crippen LogP contribution in [0.2, 0.25) is 0 Å². The van der Waals surface area contributed by atoms with Crippen molar-refractivity contribution in [2.75, 3.05) is 56.7 Å². The van der Waals surface area contributed by atoms with Crippen LogP contribution in [0.4, 0.5) is 11.4 Å². The van der Waals surface area contributed by atoms with Gasteiger partial charge in [0, 0.05) is 31.7 Å². The second kappa shape index (κ2) is 10.3. The number of carbonyl (C=O) groups excluding carboxylic acids is 1. The maximum atomic E-state index is 13.5. The lowest BCUT2D eigenvalue weighted by molar-refractivity contribution is 0.102. The van der Waals surface area contributed by atoms with E-state index in [4.69, 9.17) is 9.47 Å². The Balaban J connectivity index is 1.62. The molecule has 0 unspecified atom stereocenters. The number of carbonyl (C=O) groups is 1. The summed E-state index contributed by atoms with van der Waals surface area (Å²) in [5.41, 5.74) is 1.85. The molecule has 2 aromatic carbocycles. The Morgan fingerprint density at radius 1 is 1.06 bits per heavy atom. The Hall–Kier alpha value is -2.62. The molecule has 0 spiro atoms. The zero-order chi connectivity index (χ0) is 24.3. The number of amides is 1. The van der Waals surface area contributed by atoms with Gasteiger partial charge in [-0.05, 0) is 48.6 Å². The molecule has 2 aliphatic rings. The SMILES string of the molecule is COc1ccc(C(=O)Nc2ccccc2N2CCOCC2)cc1S(=O)(=O)N1C[C@H](C)C[C@@H](C)C1. The summed E-state index contributed by atoms with van der Waals surface area (Å²) in [5.74, 6) is 0.400. The van der Waals surface area contributed by atoms with Gasteiger partial charge in [0.2, 0.25) is 10.0 Å². The molecule has 8 nitrogen and oxygen atoms in total. The predicted molar refractivity (Wildman–Crippen MR) is 132 cm³/mol. The summed E-state index contributed by atoms with van der Waals surface area (Å²) in [4.78, 5) is 15.4. The molecule has 1 N–H and O–H groups in total. The van der Waals surface area contributed by atoms with E-state index in [-0.39, 0.29) is 34.0 Å². The number of morpholine rings is 1. The molecule has 4 rings (SSSR count). The first-order valence-corrected chi connectivity index (χ1v) is 13.1. The molecular weight excluding hydrogens is 454 g/mol. The van der Waals surface area contributed by atoms with Gasteiger partial charge in [0.15, 0.2) is 0 Å². The minimum atomic E-state index is -3.82. The number of piperidine rings is 1. The van der Waals surface area contributed by atoms with Crippen molar-refractivity contribution in [1.29, 1.82) is 0 Å². The number of para-hydroxylation sites is 2. The standard InChI is InChI=1S/C25H33N3O5S/c1-18-14-19(2)17-28(16-18)34(30,31)24-15-20(8-9-23(24)32-3)25(29)26-21-6-4-5-7-22(21)27-10-12-33-13-11-27/h4-9,15,18-19H,10-14,16-17H2,1-3H3,(H,26,29)/t18-,19-/m1/s1. The lowest BCUT2D eigenvalue weighted by Gasteiger charge is -2.34. The van der Waals surface area contributed by atoms with Gasteiger partial charge >= 0.3 is 0 Å². The zero-order valence-electron chi connectivity index (χ0n) is 20.0. The van der Waals surface area contributed by atoms with Crippen LogP contribution in [0.5, 0.6) is 5.75 Å². The number of rotatable bonds is 6. The monoisotopic (exact) mass is 487 g/mol. The van der Waals surface area contributed by atoms with Crippen molar-refractivity contribution in [1.82, 2.24) is 4.31 Å². The Morgan fingerprint density at radius 3 is 2.41 bits per heavy atom. The first-order valence-electron chi connectivity index (χ1n) is 11.7. The van der Waals surface area contributed by atoms with Gasteiger partial charge in [-0.15, -0.1) is 0 Å². The largest absolute Gasteiger partial charge is 0.495 e. The van der Waals surface area contributed by atoms with E-state index in [1.165, 1.54) is 17.5 Å². The first kappa shape index (κ1) is 24.5. The maximum Gasteiger partial charge on any atom is 0.255 e. The van der Waals surface area contributed by atoms with Crippen LogP contribution in [-0.2, 0) is 14.8 Å². The van der Waals surface area contributed by atoms with Gasteiger partial charge in [0.05, 0.1) is 31.7 Å². The van der Waals surface area contributed by atoms with Crippen molar-refractivity contribution in [3.63, 3.8) is 0 Å². The van der Waals surface area contributed by atoms with Crippen molar-refractivity contribution in [3.05, 3.63) is 48.0 Å². The smallest absolute Gasteiger partial charge is 0.255 e. The van der Waals surface area contributed by atoms with Gasteiger partial charge in [0.1, 0.15) is 10.6 Å². The molecule has 2 fully saturated rings. The van der Waals surface area contributed by atoms with Gasteiger partial charge in [-0.3, -0.25) is 4.79 Å². The van der Waals surface area contributed by atoms with Crippen LogP contribution in [0.15, 0.2) is 47.4 Å². The number of methoxy groups -OCH3 is 1. The summed E-state index contributed by atoms with van der Waals surface area (Å²) in [6.45, 7) is 7.79. The highest BCUT2D eigenvalue weighted by atomic mass is 32.2. The Kier molecular flexibility index (Phi) is 7.45. The van der Waals surface area contributed by atoms with Crippen LogP contribution in [0.1, 0.15) is 30.6 Å². The zero-order valence-corrected chi connectivity index (χ0v) is 20.8. The number of anilines is 2. The fourth-order valence-electron chi connectivity index (χ4n) is 4.81. The summed E-state index contributed by atoms with van der Waals surface area (Å²) in [6, 6.07) is 12.2. The van der Waals surface area contributed by atoms with E-state index in [1.807, 2.05) is 24.3 Å². The first-order chi connectivity index (χ1) is 16.3. The average Bonchev–Trinajstić information content (AvgIpc) is 2.84. The summed E-state index contributed by atoms with van der Waals surface area (Å²) in [5, 5.41) is 2.96. The molecule has 9 heteroatoms. The highest BCUT2D eigenvalue weighted by Crippen LogP contribution is 2.33. The minimum absolute atomic E-state index is 0.0189. The Bertz CT molecular complexity index is 1120. The number of sulfonamides is 1. The number of ether oxygens (including phenoxy) is 2. The van der Waals surface area contributed by atoms with E-state index >= 15 is 0 Å². The van der Waals surface area contributed by atoms with Crippen molar-refractivity contribution in [2.45, 2.75) is 25.2 Å². The maximum absolute atomic E-state index is 13.5. The molecule has 2 heterocycles. The van der Waals surface area contributed by atoms with Gasteiger partial charge in [-0.25, -0.2) is 8.42 Å². The molecule has 184 valence electrons. The second-order valence-corrected chi connectivity index (χ2v) is 11.1. The van der Waals surface area contributed by atoms with E-state index < -0.39 is 10.0 Å². The van der Waals surface area contributed by atoms with Gasteiger partial charge < -0.3 is 19.7 Å². The Morgan fingerprint density at radius 2 is 1.74 bits per heavy atom. The lowest BCUT2D eigenvalue weighted by Crippen LogP contribution is -2.42. The Labute approximate surface area is 201 Å².